The topological polar surface area (TPSA) is 67.9 Å². The third-order valence-corrected chi connectivity index (χ3v) is 7.04. The minimum absolute atomic E-state index is 0.0132. The molecule has 1 N–H and O–H groups in total. The largest absolute Gasteiger partial charge is 0.487 e. The van der Waals surface area contributed by atoms with E-state index in [1.54, 1.807) is 23.5 Å². The first-order valence-electron chi connectivity index (χ1n) is 8.63. The van der Waals surface area contributed by atoms with Crippen LogP contribution in [-0.4, -0.2) is 57.7 Å². The maximum atomic E-state index is 13.4. The molecule has 2 aliphatic rings. The van der Waals surface area contributed by atoms with Crippen LogP contribution in [-0.2, 0) is 14.8 Å². The van der Waals surface area contributed by atoms with Crippen LogP contribution < -0.4 is 10.1 Å². The lowest BCUT2D eigenvalue weighted by Gasteiger charge is -2.28. The first-order chi connectivity index (χ1) is 11.9. The Balaban J connectivity index is 1.97. The number of ether oxygens (including phenoxy) is 2. The average Bonchev–Trinajstić information content (AvgIpc) is 2.83. The summed E-state index contributed by atoms with van der Waals surface area (Å²) in [4.78, 5) is 0.141. The maximum absolute atomic E-state index is 13.4. The molecule has 2 heterocycles. The molecule has 2 bridgehead atoms. The summed E-state index contributed by atoms with van der Waals surface area (Å²) in [6.07, 6.45) is 2.35. The van der Waals surface area contributed by atoms with Gasteiger partial charge in [-0.25, -0.2) is 8.42 Å². The fourth-order valence-corrected chi connectivity index (χ4v) is 6.00. The Labute approximate surface area is 154 Å². The molecule has 0 spiro atoms. The summed E-state index contributed by atoms with van der Waals surface area (Å²) >= 11 is 6.10. The second-order valence-electron chi connectivity index (χ2n) is 6.69. The van der Waals surface area contributed by atoms with Crippen LogP contribution >= 0.6 is 11.6 Å². The van der Waals surface area contributed by atoms with Gasteiger partial charge in [0.25, 0.3) is 0 Å². The molecule has 1 aromatic rings. The number of halogens is 1. The highest BCUT2D eigenvalue weighted by Crippen LogP contribution is 2.38. The number of nitrogens with one attached hydrogen (secondary N) is 1. The zero-order chi connectivity index (χ0) is 18.0. The lowest BCUT2D eigenvalue weighted by Crippen LogP contribution is -2.42. The zero-order valence-electron chi connectivity index (χ0n) is 14.6. The third kappa shape index (κ3) is 3.95. The first-order valence-corrected chi connectivity index (χ1v) is 10.4. The Morgan fingerprint density at radius 2 is 2.08 bits per heavy atom. The number of nitrogens with zero attached hydrogens (tertiary/aromatic N) is 1. The second kappa shape index (κ2) is 7.80. The van der Waals surface area contributed by atoms with Crippen molar-refractivity contribution in [3.8, 4) is 5.75 Å². The van der Waals surface area contributed by atoms with E-state index in [-0.39, 0.29) is 23.1 Å². The predicted molar refractivity (Wildman–Crippen MR) is 96.7 cm³/mol. The fraction of sp³-hybridized carbons (Fsp3) is 0.647. The summed E-state index contributed by atoms with van der Waals surface area (Å²) in [5.74, 6) is 0.325. The van der Waals surface area contributed by atoms with E-state index >= 15 is 0 Å². The van der Waals surface area contributed by atoms with Gasteiger partial charge in [0, 0.05) is 30.8 Å². The van der Waals surface area contributed by atoms with Crippen LogP contribution in [0.5, 0.6) is 5.75 Å². The van der Waals surface area contributed by atoms with Crippen LogP contribution in [0, 0.1) is 0 Å². The Bertz CT molecular complexity index is 699. The Kier molecular flexibility index (Phi) is 5.90. The highest BCUT2D eigenvalue weighted by Gasteiger charge is 2.44. The van der Waals surface area contributed by atoms with Gasteiger partial charge < -0.3 is 14.8 Å². The number of rotatable bonds is 6. The highest BCUT2D eigenvalue weighted by atomic mass is 35.5. The highest BCUT2D eigenvalue weighted by molar-refractivity contribution is 7.89. The molecule has 0 radical (unpaired) electrons. The molecule has 3 atom stereocenters. The molecule has 6 nitrogen and oxygen atoms in total. The van der Waals surface area contributed by atoms with E-state index in [4.69, 9.17) is 21.1 Å². The van der Waals surface area contributed by atoms with Gasteiger partial charge in [-0.15, -0.1) is 0 Å². The van der Waals surface area contributed by atoms with Gasteiger partial charge in [0.15, 0.2) is 0 Å². The molecule has 8 heteroatoms. The van der Waals surface area contributed by atoms with Gasteiger partial charge >= 0.3 is 0 Å². The van der Waals surface area contributed by atoms with Crippen LogP contribution in [0.1, 0.15) is 26.2 Å². The molecule has 3 rings (SSSR count). The molecule has 0 aromatic heterocycles. The molecule has 1 aromatic carbocycles. The monoisotopic (exact) mass is 388 g/mol. The van der Waals surface area contributed by atoms with Crippen molar-refractivity contribution >= 4 is 21.6 Å². The molecule has 3 unspecified atom stereocenters. The summed E-state index contributed by atoms with van der Waals surface area (Å²) in [6.45, 7) is 3.75. The van der Waals surface area contributed by atoms with Crippen LogP contribution in [0.25, 0.3) is 0 Å². The van der Waals surface area contributed by atoms with Gasteiger partial charge in [-0.05, 0) is 50.9 Å². The van der Waals surface area contributed by atoms with E-state index in [9.17, 15) is 8.42 Å². The van der Waals surface area contributed by atoms with Crippen molar-refractivity contribution in [1.29, 1.82) is 0 Å². The third-order valence-electron chi connectivity index (χ3n) is 4.78. The minimum Gasteiger partial charge on any atom is -0.487 e. The van der Waals surface area contributed by atoms with Crippen LogP contribution in [0.3, 0.4) is 0 Å². The summed E-state index contributed by atoms with van der Waals surface area (Å²) in [5.41, 5.74) is 0. The number of hydrogen-bond acceptors (Lipinski definition) is 5. The molecule has 140 valence electrons. The van der Waals surface area contributed by atoms with E-state index < -0.39 is 10.0 Å². The lowest BCUT2D eigenvalue weighted by atomic mass is 10.1. The Hall–Kier alpha value is -0.860. The number of fused-ring (bicyclic) bond motifs is 2. The van der Waals surface area contributed by atoms with Crippen molar-refractivity contribution in [2.75, 3.05) is 26.8 Å². The quantitative estimate of drug-likeness (QED) is 0.809. The van der Waals surface area contributed by atoms with Gasteiger partial charge in [0.05, 0.1) is 6.61 Å². The van der Waals surface area contributed by atoms with Crippen LogP contribution in [0.15, 0.2) is 23.1 Å². The first kappa shape index (κ1) is 18.9. The normalized spacial score (nSPS) is 25.6. The van der Waals surface area contributed by atoms with Gasteiger partial charge in [0.2, 0.25) is 10.0 Å². The van der Waals surface area contributed by atoms with E-state index in [0.717, 1.165) is 25.8 Å². The van der Waals surface area contributed by atoms with Crippen molar-refractivity contribution in [1.82, 2.24) is 9.62 Å². The molecule has 0 saturated carbocycles. The number of benzene rings is 1. The van der Waals surface area contributed by atoms with Crippen molar-refractivity contribution in [2.24, 2.45) is 0 Å². The van der Waals surface area contributed by atoms with Gasteiger partial charge in [0.1, 0.15) is 16.7 Å². The minimum atomic E-state index is -3.69. The van der Waals surface area contributed by atoms with E-state index in [1.165, 1.54) is 6.07 Å². The van der Waals surface area contributed by atoms with Crippen molar-refractivity contribution in [2.45, 2.75) is 49.3 Å². The molecule has 2 aliphatic heterocycles. The van der Waals surface area contributed by atoms with E-state index in [0.29, 0.717) is 23.9 Å². The predicted octanol–water partition coefficient (Wildman–Crippen LogP) is 2.27. The Morgan fingerprint density at radius 3 is 2.84 bits per heavy atom. The zero-order valence-corrected chi connectivity index (χ0v) is 16.1. The molecule has 0 aliphatic carbocycles. The molecule has 2 fully saturated rings. The average molecular weight is 389 g/mol. The lowest BCUT2D eigenvalue weighted by molar-refractivity contribution is 0.0900. The van der Waals surface area contributed by atoms with Crippen LogP contribution in [0.2, 0.25) is 5.02 Å². The summed E-state index contributed by atoms with van der Waals surface area (Å²) in [7, 11) is -2.11. The van der Waals surface area contributed by atoms with Crippen molar-refractivity contribution in [3.05, 3.63) is 23.2 Å². The molecule has 25 heavy (non-hydrogen) atoms. The van der Waals surface area contributed by atoms with E-state index in [1.807, 2.05) is 6.92 Å². The Morgan fingerprint density at radius 1 is 1.32 bits per heavy atom. The number of methoxy groups -OCH3 is 1. The van der Waals surface area contributed by atoms with E-state index in [2.05, 4.69) is 5.32 Å². The van der Waals surface area contributed by atoms with Crippen LogP contribution in [0.4, 0.5) is 0 Å². The second-order valence-corrected chi connectivity index (χ2v) is 8.94. The van der Waals surface area contributed by atoms with Crippen molar-refractivity contribution in [3.63, 3.8) is 0 Å². The summed E-state index contributed by atoms with van der Waals surface area (Å²) in [6, 6.07) is 4.78. The number of hydrogen-bond donors (Lipinski definition) is 1. The molecular weight excluding hydrogens is 364 g/mol. The summed E-state index contributed by atoms with van der Waals surface area (Å²) in [5, 5.41) is 3.71. The summed E-state index contributed by atoms with van der Waals surface area (Å²) < 4.78 is 39.5. The number of sulfonamides is 1. The van der Waals surface area contributed by atoms with Gasteiger partial charge in [-0.2, -0.15) is 4.31 Å². The SMILES string of the molecule is COCC(C)Oc1ccc(Cl)cc1S(=O)(=O)N1C2CCNCC1CC2. The van der Waals surface area contributed by atoms with Gasteiger partial charge in [-0.3, -0.25) is 0 Å². The fourth-order valence-electron chi connectivity index (χ4n) is 3.71. The molecule has 2 saturated heterocycles. The van der Waals surface area contributed by atoms with Gasteiger partial charge in [-0.1, -0.05) is 11.6 Å². The maximum Gasteiger partial charge on any atom is 0.247 e. The standard InChI is InChI=1S/C17H25ClN2O4S/c1-12(11-23-2)24-16-6-3-13(18)9-17(16)25(21,22)20-14-4-5-15(20)10-19-8-7-14/h3,6,9,12,14-15,19H,4-5,7-8,10-11H2,1-2H3. The molecular formula is C17H25ClN2O4S. The smallest absolute Gasteiger partial charge is 0.247 e. The molecule has 0 amide bonds. The van der Waals surface area contributed by atoms with Crippen molar-refractivity contribution < 1.29 is 17.9 Å².